The van der Waals surface area contributed by atoms with E-state index in [0.29, 0.717) is 18.6 Å². The number of aromatic nitrogens is 3. The molecule has 1 aromatic carbocycles. The minimum absolute atomic E-state index is 0.0469. The number of rotatable bonds is 12. The van der Waals surface area contributed by atoms with Crippen LogP contribution in [-0.2, 0) is 16.0 Å². The summed E-state index contributed by atoms with van der Waals surface area (Å²) in [6, 6.07) is 5.66. The predicted molar refractivity (Wildman–Crippen MR) is 121 cm³/mol. The van der Waals surface area contributed by atoms with Crippen LogP contribution in [0, 0.1) is 6.92 Å². The van der Waals surface area contributed by atoms with Gasteiger partial charge in [-0.1, -0.05) is 19.8 Å². The Kier molecular flexibility index (Phi) is 7.87. The summed E-state index contributed by atoms with van der Waals surface area (Å²) in [5, 5.41) is 4.15. The Morgan fingerprint density at radius 2 is 2.06 bits per heavy atom. The fourth-order valence-corrected chi connectivity index (χ4v) is 3.89. The number of methoxy groups -OCH3 is 1. The van der Waals surface area contributed by atoms with E-state index in [1.165, 1.54) is 0 Å². The minimum Gasteiger partial charge on any atom is -0.497 e. The standard InChI is InChI=1S/C24H32N4O3/c1-4-17(29)8-6-5-7-9-22(24-25-12-13-26-24)28-23(30)15-19-16(2)27-21-11-10-18(31-3)14-20(19)21/h10-14,22,27H,4-9,15H2,1-3H3,(H,25,26)(H,28,30). The maximum Gasteiger partial charge on any atom is 0.225 e. The van der Waals surface area contributed by atoms with Crippen LogP contribution in [0.2, 0.25) is 0 Å². The van der Waals surface area contributed by atoms with Crippen molar-refractivity contribution in [3.8, 4) is 5.75 Å². The van der Waals surface area contributed by atoms with Gasteiger partial charge in [-0.05, 0) is 43.5 Å². The van der Waals surface area contributed by atoms with Gasteiger partial charge in [0.15, 0.2) is 0 Å². The van der Waals surface area contributed by atoms with E-state index in [-0.39, 0.29) is 18.4 Å². The lowest BCUT2D eigenvalue weighted by atomic mass is 10.0. The summed E-state index contributed by atoms with van der Waals surface area (Å²) in [5.74, 6) is 1.79. The van der Waals surface area contributed by atoms with Gasteiger partial charge < -0.3 is 20.0 Å². The molecule has 31 heavy (non-hydrogen) atoms. The first-order valence-corrected chi connectivity index (χ1v) is 11.0. The van der Waals surface area contributed by atoms with Gasteiger partial charge in [-0.3, -0.25) is 9.59 Å². The quantitative estimate of drug-likeness (QED) is 0.372. The third kappa shape index (κ3) is 5.96. The number of unbranched alkanes of at least 4 members (excludes halogenated alkanes) is 2. The zero-order valence-corrected chi connectivity index (χ0v) is 18.6. The SMILES string of the molecule is CCC(=O)CCCCCC(NC(=O)Cc1c(C)[nH]c2ccc(OC)cc12)c1ncc[nH]1. The largest absolute Gasteiger partial charge is 0.497 e. The Balaban J connectivity index is 1.63. The highest BCUT2D eigenvalue weighted by molar-refractivity contribution is 5.91. The molecule has 1 amide bonds. The molecule has 166 valence electrons. The number of carbonyl (C=O) groups excluding carboxylic acids is 2. The molecule has 0 radical (unpaired) electrons. The maximum absolute atomic E-state index is 12.9. The van der Waals surface area contributed by atoms with Crippen molar-refractivity contribution < 1.29 is 14.3 Å². The Hall–Kier alpha value is -3.09. The van der Waals surface area contributed by atoms with Gasteiger partial charge in [0, 0.05) is 41.8 Å². The van der Waals surface area contributed by atoms with Crippen molar-refractivity contribution in [3.63, 3.8) is 0 Å². The number of imidazole rings is 1. The monoisotopic (exact) mass is 424 g/mol. The fraction of sp³-hybridized carbons (Fsp3) is 0.458. The molecule has 2 aromatic heterocycles. The van der Waals surface area contributed by atoms with Gasteiger partial charge in [-0.2, -0.15) is 0 Å². The number of ketones is 1. The Morgan fingerprint density at radius 3 is 2.77 bits per heavy atom. The van der Waals surface area contributed by atoms with Crippen LogP contribution in [0.4, 0.5) is 0 Å². The van der Waals surface area contributed by atoms with Gasteiger partial charge in [0.05, 0.1) is 19.6 Å². The Morgan fingerprint density at radius 1 is 1.23 bits per heavy atom. The third-order valence-electron chi connectivity index (χ3n) is 5.69. The van der Waals surface area contributed by atoms with E-state index in [2.05, 4.69) is 20.3 Å². The zero-order valence-electron chi connectivity index (χ0n) is 18.6. The zero-order chi connectivity index (χ0) is 22.2. The van der Waals surface area contributed by atoms with Crippen molar-refractivity contribution in [1.82, 2.24) is 20.3 Å². The summed E-state index contributed by atoms with van der Waals surface area (Å²) in [6.45, 7) is 3.88. The van der Waals surface area contributed by atoms with Crippen molar-refractivity contribution in [1.29, 1.82) is 0 Å². The molecule has 0 aliphatic rings. The van der Waals surface area contributed by atoms with Crippen molar-refractivity contribution in [2.24, 2.45) is 0 Å². The number of fused-ring (bicyclic) bond motifs is 1. The molecular weight excluding hydrogens is 392 g/mol. The predicted octanol–water partition coefficient (Wildman–Crippen LogP) is 4.54. The molecule has 0 bridgehead atoms. The molecular formula is C24H32N4O3. The van der Waals surface area contributed by atoms with E-state index in [0.717, 1.165) is 59.4 Å². The average molecular weight is 425 g/mol. The van der Waals surface area contributed by atoms with E-state index in [9.17, 15) is 9.59 Å². The number of benzene rings is 1. The Bertz CT molecular complexity index is 1010. The second-order valence-electron chi connectivity index (χ2n) is 7.90. The maximum atomic E-state index is 12.9. The molecule has 2 heterocycles. The average Bonchev–Trinajstić information content (AvgIpc) is 3.40. The van der Waals surface area contributed by atoms with E-state index in [1.54, 1.807) is 19.5 Å². The first-order chi connectivity index (χ1) is 15.0. The van der Waals surface area contributed by atoms with E-state index < -0.39 is 0 Å². The lowest BCUT2D eigenvalue weighted by Gasteiger charge is -2.17. The molecule has 0 aliphatic heterocycles. The van der Waals surface area contributed by atoms with E-state index in [1.807, 2.05) is 32.0 Å². The number of aryl methyl sites for hydroxylation is 1. The molecule has 0 aliphatic carbocycles. The molecule has 3 rings (SSSR count). The van der Waals surface area contributed by atoms with Crippen molar-refractivity contribution in [2.45, 2.75) is 64.8 Å². The number of ether oxygens (including phenoxy) is 1. The third-order valence-corrected chi connectivity index (χ3v) is 5.69. The second-order valence-corrected chi connectivity index (χ2v) is 7.90. The molecule has 3 aromatic rings. The van der Waals surface area contributed by atoms with Gasteiger partial charge in [-0.25, -0.2) is 4.98 Å². The summed E-state index contributed by atoms with van der Waals surface area (Å²) in [6.07, 6.45) is 8.53. The summed E-state index contributed by atoms with van der Waals surface area (Å²) in [7, 11) is 1.64. The molecule has 0 saturated heterocycles. The van der Waals surface area contributed by atoms with Gasteiger partial charge >= 0.3 is 0 Å². The second kappa shape index (κ2) is 10.8. The molecule has 0 saturated carbocycles. The highest BCUT2D eigenvalue weighted by atomic mass is 16.5. The normalized spacial score (nSPS) is 12.1. The molecule has 7 heteroatoms. The molecule has 1 unspecified atom stereocenters. The van der Waals surface area contributed by atoms with Gasteiger partial charge in [0.25, 0.3) is 0 Å². The Labute approximate surface area is 183 Å². The minimum atomic E-state index is -0.176. The first kappa shape index (κ1) is 22.6. The van der Waals surface area contributed by atoms with Crippen LogP contribution in [0.15, 0.2) is 30.6 Å². The molecule has 0 fully saturated rings. The number of H-pyrrole nitrogens is 2. The van der Waals surface area contributed by atoms with Crippen LogP contribution in [-0.4, -0.2) is 33.8 Å². The first-order valence-electron chi connectivity index (χ1n) is 11.0. The number of amides is 1. The van der Waals surface area contributed by atoms with Crippen LogP contribution in [0.5, 0.6) is 5.75 Å². The number of aromatic amines is 2. The summed E-state index contributed by atoms with van der Waals surface area (Å²) in [4.78, 5) is 35.2. The lowest BCUT2D eigenvalue weighted by molar-refractivity contribution is -0.121. The summed E-state index contributed by atoms with van der Waals surface area (Å²) in [5.41, 5.74) is 2.95. The highest BCUT2D eigenvalue weighted by Gasteiger charge is 2.19. The fourth-order valence-electron chi connectivity index (χ4n) is 3.89. The van der Waals surface area contributed by atoms with Crippen LogP contribution >= 0.6 is 0 Å². The number of nitrogens with one attached hydrogen (secondary N) is 3. The number of nitrogens with zero attached hydrogens (tertiary/aromatic N) is 1. The highest BCUT2D eigenvalue weighted by Crippen LogP contribution is 2.27. The molecule has 1 atom stereocenters. The van der Waals surface area contributed by atoms with Crippen LogP contribution < -0.4 is 10.1 Å². The number of Topliss-reactive ketones (excluding diaryl/α,β-unsaturated/α-hetero) is 1. The van der Waals surface area contributed by atoms with Crippen molar-refractivity contribution in [3.05, 3.63) is 47.7 Å². The van der Waals surface area contributed by atoms with E-state index >= 15 is 0 Å². The molecule has 3 N–H and O–H groups in total. The van der Waals surface area contributed by atoms with Gasteiger partial charge in [0.2, 0.25) is 5.91 Å². The topological polar surface area (TPSA) is 99.9 Å². The van der Waals surface area contributed by atoms with Crippen molar-refractivity contribution in [2.75, 3.05) is 7.11 Å². The molecule has 7 nitrogen and oxygen atoms in total. The number of hydrogen-bond donors (Lipinski definition) is 3. The summed E-state index contributed by atoms with van der Waals surface area (Å²) >= 11 is 0. The van der Waals surface area contributed by atoms with Crippen LogP contribution in [0.3, 0.4) is 0 Å². The van der Waals surface area contributed by atoms with Crippen LogP contribution in [0.25, 0.3) is 10.9 Å². The van der Waals surface area contributed by atoms with Gasteiger partial charge in [0.1, 0.15) is 17.4 Å². The molecule has 0 spiro atoms. The lowest BCUT2D eigenvalue weighted by Crippen LogP contribution is -2.30. The van der Waals surface area contributed by atoms with Crippen LogP contribution in [0.1, 0.15) is 68.6 Å². The van der Waals surface area contributed by atoms with Crippen molar-refractivity contribution >= 4 is 22.6 Å². The smallest absolute Gasteiger partial charge is 0.225 e. The number of hydrogen-bond acceptors (Lipinski definition) is 4. The van der Waals surface area contributed by atoms with Gasteiger partial charge in [-0.15, -0.1) is 0 Å². The van der Waals surface area contributed by atoms with E-state index in [4.69, 9.17) is 4.74 Å². The number of carbonyl (C=O) groups is 2. The summed E-state index contributed by atoms with van der Waals surface area (Å²) < 4.78 is 5.34.